The zero-order chi connectivity index (χ0) is 15.4. The van der Waals surface area contributed by atoms with Crippen LogP contribution in [0.15, 0.2) is 6.33 Å². The van der Waals surface area contributed by atoms with E-state index in [1.54, 1.807) is 0 Å². The minimum absolute atomic E-state index is 0.0295. The van der Waals surface area contributed by atoms with Crippen LogP contribution in [0.2, 0.25) is 0 Å². The van der Waals surface area contributed by atoms with Crippen LogP contribution < -0.4 is 10.6 Å². The second kappa shape index (κ2) is 6.91. The summed E-state index contributed by atoms with van der Waals surface area (Å²) in [5.74, 6) is 1.39. The monoisotopic (exact) mass is 304 g/mol. The van der Waals surface area contributed by atoms with Crippen molar-refractivity contribution in [2.45, 2.75) is 45.3 Å². The molecule has 2 aromatic heterocycles. The van der Waals surface area contributed by atoms with Gasteiger partial charge in [0.15, 0.2) is 17.0 Å². The van der Waals surface area contributed by atoms with Crippen molar-refractivity contribution in [3.63, 3.8) is 0 Å². The normalized spacial score (nSPS) is 18.5. The number of nitrogens with one attached hydrogen (secondary N) is 2. The summed E-state index contributed by atoms with van der Waals surface area (Å²) in [6, 6.07) is 0. The number of aromatic nitrogens is 4. The number of unbranched alkanes of at least 4 members (excludes halogenated alkanes) is 1. The molecule has 2 N–H and O–H groups in total. The molecule has 1 aliphatic heterocycles. The molecule has 0 bridgehead atoms. The summed E-state index contributed by atoms with van der Waals surface area (Å²) in [6.45, 7) is 3.84. The van der Waals surface area contributed by atoms with E-state index in [2.05, 4.69) is 32.5 Å². The number of imidazole rings is 1. The standard InChI is InChI=1S/C15H24N6O/c1-3-4-8-17-15-19-13(16-2)12-14(20-15)21(10-18-12)11-7-5-6-9-22-11/h10-11H,3-9H2,1-2H3,(H2,16,17,19,20). The molecule has 3 heterocycles. The predicted molar refractivity (Wildman–Crippen MR) is 87.1 cm³/mol. The fraction of sp³-hybridized carbons (Fsp3) is 0.667. The number of anilines is 2. The number of fused-ring (bicyclic) bond motifs is 1. The first-order valence-electron chi connectivity index (χ1n) is 8.11. The lowest BCUT2D eigenvalue weighted by atomic mass is 10.2. The van der Waals surface area contributed by atoms with E-state index < -0.39 is 0 Å². The van der Waals surface area contributed by atoms with E-state index >= 15 is 0 Å². The highest BCUT2D eigenvalue weighted by molar-refractivity contribution is 5.84. The lowest BCUT2D eigenvalue weighted by Gasteiger charge is -2.23. The van der Waals surface area contributed by atoms with Gasteiger partial charge in [0.1, 0.15) is 6.23 Å². The van der Waals surface area contributed by atoms with Gasteiger partial charge in [-0.25, -0.2) is 4.98 Å². The van der Waals surface area contributed by atoms with E-state index in [9.17, 15) is 0 Å². The van der Waals surface area contributed by atoms with Crippen molar-refractivity contribution in [1.29, 1.82) is 0 Å². The molecule has 2 aromatic rings. The zero-order valence-electron chi connectivity index (χ0n) is 13.3. The number of nitrogens with zero attached hydrogens (tertiary/aromatic N) is 4. The van der Waals surface area contributed by atoms with Crippen LogP contribution in [-0.4, -0.2) is 39.7 Å². The minimum Gasteiger partial charge on any atom is -0.371 e. The van der Waals surface area contributed by atoms with Crippen molar-refractivity contribution >= 4 is 22.9 Å². The first kappa shape index (κ1) is 15.0. The predicted octanol–water partition coefficient (Wildman–Crippen LogP) is 2.78. The molecule has 1 atom stereocenters. The van der Waals surface area contributed by atoms with E-state index in [-0.39, 0.29) is 6.23 Å². The summed E-state index contributed by atoms with van der Waals surface area (Å²) in [5, 5.41) is 6.40. The van der Waals surface area contributed by atoms with Gasteiger partial charge < -0.3 is 15.4 Å². The van der Waals surface area contributed by atoms with Crippen molar-refractivity contribution in [2.75, 3.05) is 30.8 Å². The average molecular weight is 304 g/mol. The van der Waals surface area contributed by atoms with Crippen molar-refractivity contribution in [2.24, 2.45) is 0 Å². The van der Waals surface area contributed by atoms with Crippen molar-refractivity contribution in [3.05, 3.63) is 6.33 Å². The van der Waals surface area contributed by atoms with Gasteiger partial charge in [0.25, 0.3) is 0 Å². The highest BCUT2D eigenvalue weighted by Crippen LogP contribution is 2.28. The Labute approximate surface area is 130 Å². The maximum absolute atomic E-state index is 5.86. The minimum atomic E-state index is 0.0295. The molecule has 7 heteroatoms. The molecule has 0 aromatic carbocycles. The van der Waals surface area contributed by atoms with E-state index in [1.165, 1.54) is 6.42 Å². The van der Waals surface area contributed by atoms with Gasteiger partial charge in [-0.3, -0.25) is 4.57 Å². The Morgan fingerprint density at radius 2 is 2.27 bits per heavy atom. The van der Waals surface area contributed by atoms with E-state index in [4.69, 9.17) is 4.74 Å². The largest absolute Gasteiger partial charge is 0.371 e. The van der Waals surface area contributed by atoms with Crippen LogP contribution >= 0.6 is 0 Å². The third-order valence-electron chi connectivity index (χ3n) is 3.94. The van der Waals surface area contributed by atoms with Gasteiger partial charge in [0.2, 0.25) is 5.95 Å². The molecule has 0 amide bonds. The van der Waals surface area contributed by atoms with Gasteiger partial charge in [-0.2, -0.15) is 9.97 Å². The van der Waals surface area contributed by atoms with Crippen molar-refractivity contribution in [1.82, 2.24) is 19.5 Å². The van der Waals surface area contributed by atoms with Crippen LogP contribution in [0.4, 0.5) is 11.8 Å². The summed E-state index contributed by atoms with van der Waals surface area (Å²) in [7, 11) is 1.85. The molecule has 0 aliphatic carbocycles. The second-order valence-electron chi connectivity index (χ2n) is 5.57. The molecule has 22 heavy (non-hydrogen) atoms. The fourth-order valence-corrected chi connectivity index (χ4v) is 2.70. The van der Waals surface area contributed by atoms with E-state index in [0.29, 0.717) is 5.95 Å². The molecule has 0 saturated carbocycles. The average Bonchev–Trinajstić information content (AvgIpc) is 2.99. The van der Waals surface area contributed by atoms with Gasteiger partial charge in [-0.15, -0.1) is 0 Å². The fourth-order valence-electron chi connectivity index (χ4n) is 2.70. The highest BCUT2D eigenvalue weighted by Gasteiger charge is 2.20. The Morgan fingerprint density at radius 1 is 1.36 bits per heavy atom. The quantitative estimate of drug-likeness (QED) is 0.799. The van der Waals surface area contributed by atoms with Crippen LogP contribution in [-0.2, 0) is 4.74 Å². The van der Waals surface area contributed by atoms with Crippen LogP contribution in [0.5, 0.6) is 0 Å². The molecule has 1 aliphatic rings. The molecular formula is C15H24N6O. The SMILES string of the molecule is CCCCNc1nc(NC)c2ncn(C3CCCCO3)c2n1. The Bertz CT molecular complexity index is 620. The first-order valence-corrected chi connectivity index (χ1v) is 8.11. The summed E-state index contributed by atoms with van der Waals surface area (Å²) < 4.78 is 7.89. The summed E-state index contributed by atoms with van der Waals surface area (Å²) in [6.07, 6.45) is 7.39. The Hall–Kier alpha value is -1.89. The lowest BCUT2D eigenvalue weighted by Crippen LogP contribution is -2.18. The molecule has 1 unspecified atom stereocenters. The maximum Gasteiger partial charge on any atom is 0.226 e. The number of hydrogen-bond acceptors (Lipinski definition) is 6. The molecule has 3 rings (SSSR count). The van der Waals surface area contributed by atoms with Gasteiger partial charge in [0, 0.05) is 20.2 Å². The molecule has 1 fully saturated rings. The van der Waals surface area contributed by atoms with Crippen LogP contribution in [0, 0.1) is 0 Å². The van der Waals surface area contributed by atoms with Gasteiger partial charge in [-0.1, -0.05) is 13.3 Å². The van der Waals surface area contributed by atoms with Gasteiger partial charge >= 0.3 is 0 Å². The Kier molecular flexibility index (Phi) is 4.72. The topological polar surface area (TPSA) is 76.9 Å². The second-order valence-corrected chi connectivity index (χ2v) is 5.57. The molecule has 120 valence electrons. The van der Waals surface area contributed by atoms with Crippen molar-refractivity contribution < 1.29 is 4.74 Å². The zero-order valence-corrected chi connectivity index (χ0v) is 13.3. The third kappa shape index (κ3) is 2.99. The third-order valence-corrected chi connectivity index (χ3v) is 3.94. The molecule has 0 spiro atoms. The Morgan fingerprint density at radius 3 is 3.00 bits per heavy atom. The van der Waals surface area contributed by atoms with Gasteiger partial charge in [0.05, 0.1) is 6.33 Å². The molecular weight excluding hydrogens is 280 g/mol. The van der Waals surface area contributed by atoms with E-state index in [0.717, 1.165) is 55.8 Å². The Balaban J connectivity index is 1.94. The number of hydrogen-bond donors (Lipinski definition) is 2. The van der Waals surface area contributed by atoms with Gasteiger partial charge in [-0.05, 0) is 25.7 Å². The molecule has 0 radical (unpaired) electrons. The van der Waals surface area contributed by atoms with Crippen molar-refractivity contribution in [3.8, 4) is 0 Å². The summed E-state index contributed by atoms with van der Waals surface area (Å²) >= 11 is 0. The maximum atomic E-state index is 5.86. The summed E-state index contributed by atoms with van der Waals surface area (Å²) in [5.41, 5.74) is 1.61. The number of rotatable bonds is 6. The smallest absolute Gasteiger partial charge is 0.226 e. The molecule has 7 nitrogen and oxygen atoms in total. The van der Waals surface area contributed by atoms with Crippen LogP contribution in [0.25, 0.3) is 11.2 Å². The van der Waals surface area contributed by atoms with Crippen LogP contribution in [0.3, 0.4) is 0 Å². The van der Waals surface area contributed by atoms with Crippen LogP contribution in [0.1, 0.15) is 45.3 Å². The number of ether oxygens (including phenoxy) is 1. The van der Waals surface area contributed by atoms with E-state index in [1.807, 2.05) is 17.9 Å². The lowest BCUT2D eigenvalue weighted by molar-refractivity contribution is -0.0298. The highest BCUT2D eigenvalue weighted by atomic mass is 16.5. The first-order chi connectivity index (χ1) is 10.8. The summed E-state index contributed by atoms with van der Waals surface area (Å²) in [4.78, 5) is 13.6. The molecule has 1 saturated heterocycles.